The van der Waals surface area contributed by atoms with Crippen molar-refractivity contribution in [1.29, 1.82) is 0 Å². The molecule has 0 bridgehead atoms. The zero-order valence-electron chi connectivity index (χ0n) is 13.7. The smallest absolute Gasteiger partial charge is 0.406 e. The second kappa shape index (κ2) is 8.49. The van der Waals surface area contributed by atoms with Crippen molar-refractivity contribution in [2.24, 2.45) is 5.92 Å². The number of alkyl halides is 3. The molecule has 11 heteroatoms. The molecule has 0 aliphatic carbocycles. The van der Waals surface area contributed by atoms with E-state index < -0.39 is 28.1 Å². The van der Waals surface area contributed by atoms with Crippen LogP contribution in [-0.2, 0) is 14.8 Å². The third kappa shape index (κ3) is 6.06. The van der Waals surface area contributed by atoms with Crippen molar-refractivity contribution in [3.05, 3.63) is 24.3 Å². The number of carbonyl (C=O) groups excluding carboxylic acids is 1. The lowest BCUT2D eigenvalue weighted by molar-refractivity contribution is -0.274. The molecule has 0 aromatic heterocycles. The number of anilines is 1. The molecule has 1 N–H and O–H groups in total. The number of thiol groups is 1. The molecular weight excluding hydrogens is 393 g/mol. The molecule has 1 aromatic carbocycles. The molecule has 1 fully saturated rings. The van der Waals surface area contributed by atoms with Crippen LogP contribution in [0.15, 0.2) is 24.3 Å². The summed E-state index contributed by atoms with van der Waals surface area (Å²) in [6, 6.07) is 4.76. The third-order valence-corrected chi connectivity index (χ3v) is 6.22. The quantitative estimate of drug-likeness (QED) is 0.704. The first-order chi connectivity index (χ1) is 12.1. The molecule has 1 amide bonds. The van der Waals surface area contributed by atoms with Crippen molar-refractivity contribution in [1.82, 2.24) is 4.31 Å². The molecule has 1 atom stereocenters. The highest BCUT2D eigenvalue weighted by atomic mass is 32.2. The summed E-state index contributed by atoms with van der Waals surface area (Å²) in [5.41, 5.74) is 0.305. The summed E-state index contributed by atoms with van der Waals surface area (Å²) in [4.78, 5) is 12.4. The van der Waals surface area contributed by atoms with Crippen LogP contribution < -0.4 is 10.1 Å². The Morgan fingerprint density at radius 2 is 1.96 bits per heavy atom. The summed E-state index contributed by atoms with van der Waals surface area (Å²) in [7, 11) is -3.44. The molecule has 0 spiro atoms. The minimum atomic E-state index is -4.78. The van der Waals surface area contributed by atoms with Crippen molar-refractivity contribution in [2.75, 3.05) is 29.9 Å². The molecular formula is C15H19F3N2O4S2. The predicted octanol–water partition coefficient (Wildman–Crippen LogP) is 2.50. The SMILES string of the molecule is O=C(Nc1ccc(OC(F)(F)F)cc1)[C@@H]1CCCN(S(=O)(=O)CCS)C1. The van der Waals surface area contributed by atoms with Gasteiger partial charge in [-0.1, -0.05) is 0 Å². The summed E-state index contributed by atoms with van der Waals surface area (Å²) >= 11 is 3.93. The van der Waals surface area contributed by atoms with Gasteiger partial charge < -0.3 is 10.1 Å². The van der Waals surface area contributed by atoms with Gasteiger partial charge in [-0.3, -0.25) is 4.79 Å². The first-order valence-electron chi connectivity index (χ1n) is 7.86. The van der Waals surface area contributed by atoms with Crippen molar-refractivity contribution < 1.29 is 31.1 Å². The highest BCUT2D eigenvalue weighted by Gasteiger charge is 2.32. The number of hydrogen-bond acceptors (Lipinski definition) is 5. The van der Waals surface area contributed by atoms with Crippen LogP contribution in [0.25, 0.3) is 0 Å². The van der Waals surface area contributed by atoms with Gasteiger partial charge in [0, 0.05) is 24.5 Å². The number of rotatable bonds is 6. The number of hydrogen-bond donors (Lipinski definition) is 2. The molecule has 1 aliphatic rings. The number of sulfonamides is 1. The summed E-state index contributed by atoms with van der Waals surface area (Å²) in [5, 5.41) is 2.59. The van der Waals surface area contributed by atoms with E-state index in [0.29, 0.717) is 25.1 Å². The molecule has 146 valence electrons. The molecule has 1 saturated heterocycles. The summed E-state index contributed by atoms with van der Waals surface area (Å²) < 4.78 is 65.7. The Morgan fingerprint density at radius 3 is 2.54 bits per heavy atom. The maximum atomic E-state index is 12.4. The number of halogens is 3. The van der Waals surface area contributed by atoms with E-state index in [1.54, 1.807) is 0 Å². The number of nitrogens with one attached hydrogen (secondary N) is 1. The standard InChI is InChI=1S/C15H19F3N2O4S2/c16-15(17,18)24-13-5-3-12(4-6-13)19-14(21)11-2-1-7-20(10-11)26(22,23)9-8-25/h3-6,11,25H,1-2,7-10H2,(H,19,21)/t11-/m1/s1. The van der Waals surface area contributed by atoms with Gasteiger partial charge >= 0.3 is 6.36 Å². The van der Waals surface area contributed by atoms with E-state index in [0.717, 1.165) is 12.1 Å². The lowest BCUT2D eigenvalue weighted by Gasteiger charge is -2.31. The van der Waals surface area contributed by atoms with E-state index in [2.05, 4.69) is 22.7 Å². The van der Waals surface area contributed by atoms with Gasteiger partial charge in [0.25, 0.3) is 0 Å². The number of carbonyl (C=O) groups is 1. The Balaban J connectivity index is 1.96. The first-order valence-corrected chi connectivity index (χ1v) is 10.1. The van der Waals surface area contributed by atoms with Crippen molar-refractivity contribution in [3.8, 4) is 5.75 Å². The number of benzene rings is 1. The topological polar surface area (TPSA) is 75.7 Å². The average Bonchev–Trinajstić information content (AvgIpc) is 2.55. The molecule has 6 nitrogen and oxygen atoms in total. The average molecular weight is 412 g/mol. The van der Waals surface area contributed by atoms with Crippen LogP contribution in [0, 0.1) is 5.92 Å². The highest BCUT2D eigenvalue weighted by Crippen LogP contribution is 2.25. The van der Waals surface area contributed by atoms with E-state index >= 15 is 0 Å². The van der Waals surface area contributed by atoms with Gasteiger partial charge in [-0.15, -0.1) is 13.2 Å². The lowest BCUT2D eigenvalue weighted by atomic mass is 9.99. The van der Waals surface area contributed by atoms with Crippen LogP contribution in [0.5, 0.6) is 5.75 Å². The van der Waals surface area contributed by atoms with E-state index in [9.17, 15) is 26.4 Å². The monoisotopic (exact) mass is 412 g/mol. The van der Waals surface area contributed by atoms with E-state index in [-0.39, 0.29) is 24.0 Å². The molecule has 1 aliphatic heterocycles. The largest absolute Gasteiger partial charge is 0.573 e. The Kier molecular flexibility index (Phi) is 6.80. The maximum Gasteiger partial charge on any atom is 0.573 e. The second-order valence-corrected chi connectivity index (χ2v) is 8.33. The van der Waals surface area contributed by atoms with Gasteiger partial charge in [0.15, 0.2) is 0 Å². The van der Waals surface area contributed by atoms with Crippen LogP contribution in [0.2, 0.25) is 0 Å². The van der Waals surface area contributed by atoms with Crippen LogP contribution in [-0.4, -0.2) is 49.6 Å². The van der Waals surface area contributed by atoms with Crippen molar-refractivity contribution in [3.63, 3.8) is 0 Å². The van der Waals surface area contributed by atoms with Gasteiger partial charge in [0.1, 0.15) is 5.75 Å². The fraction of sp³-hybridized carbons (Fsp3) is 0.533. The van der Waals surface area contributed by atoms with Crippen LogP contribution in [0.1, 0.15) is 12.8 Å². The minimum absolute atomic E-state index is 0.0806. The number of ether oxygens (including phenoxy) is 1. The van der Waals surface area contributed by atoms with E-state index in [1.807, 2.05) is 0 Å². The normalized spacial score (nSPS) is 19.2. The van der Waals surface area contributed by atoms with Gasteiger partial charge in [-0.05, 0) is 37.1 Å². The van der Waals surface area contributed by atoms with E-state index in [1.165, 1.54) is 16.4 Å². The van der Waals surface area contributed by atoms with Crippen LogP contribution >= 0.6 is 12.6 Å². The van der Waals surface area contributed by atoms with Crippen LogP contribution in [0.4, 0.5) is 18.9 Å². The summed E-state index contributed by atoms with van der Waals surface area (Å²) in [6.45, 7) is 0.445. The summed E-state index contributed by atoms with van der Waals surface area (Å²) in [5.74, 6) is -1.19. The van der Waals surface area contributed by atoms with Gasteiger partial charge in [-0.25, -0.2) is 12.7 Å². The molecule has 0 unspecified atom stereocenters. The Labute approximate surface area is 155 Å². The second-order valence-electron chi connectivity index (χ2n) is 5.80. The zero-order chi connectivity index (χ0) is 19.4. The number of amides is 1. The van der Waals surface area contributed by atoms with Gasteiger partial charge in [-0.2, -0.15) is 12.6 Å². The van der Waals surface area contributed by atoms with E-state index in [4.69, 9.17) is 0 Å². The maximum absolute atomic E-state index is 12.4. The Hall–Kier alpha value is -1.46. The fourth-order valence-corrected chi connectivity index (χ4v) is 4.63. The first kappa shape index (κ1) is 20.8. The predicted molar refractivity (Wildman–Crippen MR) is 93.7 cm³/mol. The molecule has 0 saturated carbocycles. The highest BCUT2D eigenvalue weighted by molar-refractivity contribution is 7.90. The van der Waals surface area contributed by atoms with Gasteiger partial charge in [0.05, 0.1) is 11.7 Å². The third-order valence-electron chi connectivity index (χ3n) is 3.85. The molecule has 1 aromatic rings. The molecule has 0 radical (unpaired) electrons. The fourth-order valence-electron chi connectivity index (χ4n) is 2.64. The molecule has 26 heavy (non-hydrogen) atoms. The Bertz CT molecular complexity index is 723. The minimum Gasteiger partial charge on any atom is -0.406 e. The van der Waals surface area contributed by atoms with Crippen LogP contribution in [0.3, 0.4) is 0 Å². The zero-order valence-corrected chi connectivity index (χ0v) is 15.4. The van der Waals surface area contributed by atoms with Crippen molar-refractivity contribution in [2.45, 2.75) is 19.2 Å². The van der Waals surface area contributed by atoms with Gasteiger partial charge in [0.2, 0.25) is 15.9 Å². The van der Waals surface area contributed by atoms with Crippen molar-refractivity contribution >= 4 is 34.2 Å². The molecule has 2 rings (SSSR count). The Morgan fingerprint density at radius 1 is 1.31 bits per heavy atom. The number of nitrogens with zero attached hydrogens (tertiary/aromatic N) is 1. The lowest BCUT2D eigenvalue weighted by Crippen LogP contribution is -2.44. The summed E-state index contributed by atoms with van der Waals surface area (Å²) in [6.07, 6.45) is -3.69. The molecule has 1 heterocycles. The number of piperidine rings is 1.